The number of nitrogens with one attached hydrogen (secondary N) is 1. The molecule has 0 spiro atoms. The summed E-state index contributed by atoms with van der Waals surface area (Å²) in [6.45, 7) is 1.30. The van der Waals surface area contributed by atoms with Crippen molar-refractivity contribution < 1.29 is 39.5 Å². The summed E-state index contributed by atoms with van der Waals surface area (Å²) in [5.41, 5.74) is 6.37. The van der Waals surface area contributed by atoms with Crippen LogP contribution in [0.25, 0.3) is 11.1 Å². The smallest absolute Gasteiger partial charge is 0.303 e. The lowest BCUT2D eigenvalue weighted by molar-refractivity contribution is -0.252. The van der Waals surface area contributed by atoms with Gasteiger partial charge in [-0.3, -0.25) is 9.59 Å². The second-order valence-corrected chi connectivity index (χ2v) is 13.6. The van der Waals surface area contributed by atoms with Crippen molar-refractivity contribution in [2.24, 2.45) is 0 Å². The molecule has 0 aromatic heterocycles. The van der Waals surface area contributed by atoms with E-state index in [2.05, 4.69) is 11.4 Å². The van der Waals surface area contributed by atoms with Crippen LogP contribution in [0.1, 0.15) is 91.3 Å². The summed E-state index contributed by atoms with van der Waals surface area (Å²) < 4.78 is 13.1. The third-order valence-electron chi connectivity index (χ3n) is 9.35. The summed E-state index contributed by atoms with van der Waals surface area (Å²) in [4.78, 5) is 25.0. The van der Waals surface area contributed by atoms with E-state index >= 15 is 0 Å². The number of benzene rings is 4. The molecule has 5 N–H and O–H groups in total. The van der Waals surface area contributed by atoms with Crippen molar-refractivity contribution in [2.75, 3.05) is 20.1 Å². The van der Waals surface area contributed by atoms with Crippen LogP contribution in [-0.4, -0.2) is 63.4 Å². The van der Waals surface area contributed by atoms with Crippen LogP contribution in [-0.2, 0) is 32.2 Å². The molecular weight excluding hydrogens is 660 g/mol. The number of aliphatic hydroxyl groups is 2. The van der Waals surface area contributed by atoms with E-state index in [4.69, 9.17) is 14.6 Å². The van der Waals surface area contributed by atoms with Crippen LogP contribution in [0.5, 0.6) is 5.75 Å². The fourth-order valence-electron chi connectivity index (χ4n) is 6.49. The van der Waals surface area contributed by atoms with Gasteiger partial charge in [0, 0.05) is 44.5 Å². The topological polar surface area (TPSA) is 149 Å². The summed E-state index contributed by atoms with van der Waals surface area (Å²) >= 11 is 0. The van der Waals surface area contributed by atoms with Gasteiger partial charge in [0.1, 0.15) is 5.75 Å². The number of carbonyl (C=O) groups is 2. The van der Waals surface area contributed by atoms with Crippen LogP contribution in [0.15, 0.2) is 97.1 Å². The van der Waals surface area contributed by atoms with E-state index in [0.717, 1.165) is 52.6 Å². The number of phenolic OH excluding ortho intramolecular Hbond substituents is 1. The van der Waals surface area contributed by atoms with Crippen molar-refractivity contribution in [2.45, 2.75) is 82.7 Å². The van der Waals surface area contributed by atoms with Crippen molar-refractivity contribution in [1.82, 2.24) is 10.2 Å². The first kappa shape index (κ1) is 38.6. The van der Waals surface area contributed by atoms with Gasteiger partial charge in [-0.1, -0.05) is 91.7 Å². The minimum absolute atomic E-state index is 0.0136. The van der Waals surface area contributed by atoms with Gasteiger partial charge in [0.05, 0.1) is 24.9 Å². The van der Waals surface area contributed by atoms with Crippen LogP contribution in [0, 0.1) is 0 Å². The highest BCUT2D eigenvalue weighted by atomic mass is 16.7. The first-order valence-electron chi connectivity index (χ1n) is 18.0. The number of carboxylic acids is 1. The van der Waals surface area contributed by atoms with Gasteiger partial charge in [-0.2, -0.15) is 0 Å². The van der Waals surface area contributed by atoms with E-state index in [1.165, 1.54) is 0 Å². The lowest BCUT2D eigenvalue weighted by Crippen LogP contribution is -2.39. The number of nitrogens with zero attached hydrogens (tertiary/aromatic N) is 1. The number of aliphatic carboxylic acids is 1. The Morgan fingerprint density at radius 3 is 2.25 bits per heavy atom. The number of rotatable bonds is 18. The highest BCUT2D eigenvalue weighted by Crippen LogP contribution is 2.39. The zero-order valence-corrected chi connectivity index (χ0v) is 29.7. The van der Waals surface area contributed by atoms with Gasteiger partial charge in [-0.15, -0.1) is 0 Å². The standard InChI is InChI=1S/C42H50N2O8/c1-44(27-38(47)35-10-7-11-36(46)23-35)26-37-24-39(32-16-14-29(28-45)15-17-32)52-42(51-37)33-20-18-31(19-21-33)34-9-6-8-30(22-34)25-43-40(48)12-4-2-3-5-13-41(49)50/h6-11,14-23,37-39,42,45-47H,2-5,12-13,24-28H2,1H3,(H,43,48)(H,49,50). The fraction of sp³-hybridized carbons (Fsp3) is 0.381. The molecular formula is C42H50N2O8. The van der Waals surface area contributed by atoms with E-state index in [1.807, 2.05) is 78.7 Å². The average molecular weight is 711 g/mol. The zero-order valence-electron chi connectivity index (χ0n) is 29.7. The normalized spacial score (nSPS) is 17.9. The molecule has 4 atom stereocenters. The molecule has 52 heavy (non-hydrogen) atoms. The maximum atomic E-state index is 12.4. The molecule has 0 saturated carbocycles. The van der Waals surface area contributed by atoms with Crippen LogP contribution >= 0.6 is 0 Å². The summed E-state index contributed by atoms with van der Waals surface area (Å²) in [6.07, 6.45) is 2.38. The maximum absolute atomic E-state index is 12.4. The van der Waals surface area contributed by atoms with Crippen molar-refractivity contribution in [3.8, 4) is 16.9 Å². The first-order valence-corrected chi connectivity index (χ1v) is 18.0. The minimum atomic E-state index is -0.783. The number of likely N-dealkylation sites (N-methyl/N-ethyl adjacent to an activating group) is 1. The SMILES string of the molecule is CN(CC1CC(c2ccc(CO)cc2)OC(c2ccc(-c3cccc(CNC(=O)CCCCCCC(=O)O)c3)cc2)O1)CC(O)c1cccc(O)c1. The Morgan fingerprint density at radius 2 is 1.54 bits per heavy atom. The highest BCUT2D eigenvalue weighted by Gasteiger charge is 2.33. The fourth-order valence-corrected chi connectivity index (χ4v) is 6.49. The Balaban J connectivity index is 1.21. The molecule has 0 radical (unpaired) electrons. The number of hydrogen-bond donors (Lipinski definition) is 5. The molecule has 0 bridgehead atoms. The number of amides is 1. The molecule has 1 heterocycles. The Morgan fingerprint density at radius 1 is 0.827 bits per heavy atom. The third-order valence-corrected chi connectivity index (χ3v) is 9.35. The van der Waals surface area contributed by atoms with Gasteiger partial charge in [0.15, 0.2) is 6.29 Å². The van der Waals surface area contributed by atoms with Gasteiger partial charge >= 0.3 is 5.97 Å². The predicted molar refractivity (Wildman–Crippen MR) is 198 cm³/mol. The second kappa shape index (κ2) is 19.3. The molecule has 0 aliphatic carbocycles. The lowest BCUT2D eigenvalue weighted by Gasteiger charge is -2.38. The summed E-state index contributed by atoms with van der Waals surface area (Å²) in [6, 6.07) is 30.6. The van der Waals surface area contributed by atoms with E-state index < -0.39 is 18.4 Å². The Hall–Kier alpha value is -4.58. The molecule has 10 heteroatoms. The second-order valence-electron chi connectivity index (χ2n) is 13.6. The van der Waals surface area contributed by atoms with Crippen molar-refractivity contribution in [3.05, 3.63) is 125 Å². The largest absolute Gasteiger partial charge is 0.508 e. The predicted octanol–water partition coefficient (Wildman–Crippen LogP) is 6.80. The number of aromatic hydroxyl groups is 1. The van der Waals surface area contributed by atoms with Crippen LogP contribution < -0.4 is 5.32 Å². The Bertz CT molecular complexity index is 1730. The number of unbranched alkanes of at least 4 members (excludes halogenated alkanes) is 3. The Kier molecular flexibility index (Phi) is 14.4. The molecule has 1 fully saturated rings. The van der Waals surface area contributed by atoms with Gasteiger partial charge in [0.2, 0.25) is 5.91 Å². The van der Waals surface area contributed by atoms with Crippen molar-refractivity contribution in [1.29, 1.82) is 0 Å². The monoisotopic (exact) mass is 710 g/mol. The summed E-state index contributed by atoms with van der Waals surface area (Å²) in [7, 11) is 1.94. The molecule has 1 aliphatic rings. The minimum Gasteiger partial charge on any atom is -0.508 e. The molecule has 1 amide bonds. The van der Waals surface area contributed by atoms with Gasteiger partial charge < -0.3 is 40.1 Å². The van der Waals surface area contributed by atoms with Crippen LogP contribution in [0.2, 0.25) is 0 Å². The van der Waals surface area contributed by atoms with Crippen LogP contribution in [0.4, 0.5) is 0 Å². The summed E-state index contributed by atoms with van der Waals surface area (Å²) in [5, 5.41) is 42.0. The lowest BCUT2D eigenvalue weighted by atomic mass is 9.98. The number of carboxylic acid groups (broad SMARTS) is 1. The Labute approximate surface area is 305 Å². The van der Waals surface area contributed by atoms with E-state index in [0.29, 0.717) is 44.5 Å². The van der Waals surface area contributed by atoms with E-state index in [9.17, 15) is 24.9 Å². The average Bonchev–Trinajstić information content (AvgIpc) is 3.15. The highest BCUT2D eigenvalue weighted by molar-refractivity contribution is 5.76. The van der Waals surface area contributed by atoms with E-state index in [1.54, 1.807) is 24.3 Å². The molecule has 4 aromatic rings. The molecule has 4 unspecified atom stereocenters. The zero-order chi connectivity index (χ0) is 36.9. The summed E-state index contributed by atoms with van der Waals surface area (Å²) in [5.74, 6) is -0.683. The number of carbonyl (C=O) groups excluding carboxylic acids is 1. The first-order chi connectivity index (χ1) is 25.2. The van der Waals surface area contributed by atoms with Gasteiger partial charge in [-0.25, -0.2) is 0 Å². The van der Waals surface area contributed by atoms with Crippen molar-refractivity contribution in [3.63, 3.8) is 0 Å². The van der Waals surface area contributed by atoms with Crippen molar-refractivity contribution >= 4 is 11.9 Å². The van der Waals surface area contributed by atoms with Crippen LogP contribution in [0.3, 0.4) is 0 Å². The molecule has 276 valence electrons. The molecule has 1 aliphatic heterocycles. The third kappa shape index (κ3) is 11.7. The van der Waals surface area contributed by atoms with Gasteiger partial charge in [-0.05, 0) is 71.5 Å². The molecule has 4 aromatic carbocycles. The number of aliphatic hydroxyl groups excluding tert-OH is 2. The number of phenols is 1. The molecule has 5 rings (SSSR count). The molecule has 1 saturated heterocycles. The number of hydrogen-bond acceptors (Lipinski definition) is 8. The molecule has 10 nitrogen and oxygen atoms in total. The van der Waals surface area contributed by atoms with Gasteiger partial charge in [0.25, 0.3) is 0 Å². The van der Waals surface area contributed by atoms with E-state index in [-0.39, 0.29) is 36.9 Å². The maximum Gasteiger partial charge on any atom is 0.303 e. The quantitative estimate of drug-likeness (QED) is 0.0703. The number of ether oxygens (including phenoxy) is 2.